The molecule has 144 valence electrons. The van der Waals surface area contributed by atoms with Crippen LogP contribution in [0.5, 0.6) is 5.75 Å². The number of amides is 2. The van der Waals surface area contributed by atoms with Crippen molar-refractivity contribution in [1.29, 1.82) is 0 Å². The first-order valence-corrected chi connectivity index (χ1v) is 9.31. The normalized spacial score (nSPS) is 19.6. The van der Waals surface area contributed by atoms with Crippen LogP contribution in [0.25, 0.3) is 0 Å². The van der Waals surface area contributed by atoms with Crippen molar-refractivity contribution in [2.75, 3.05) is 11.9 Å². The summed E-state index contributed by atoms with van der Waals surface area (Å²) >= 11 is 0. The minimum atomic E-state index is -0.250. The maximum absolute atomic E-state index is 12.5. The highest BCUT2D eigenvalue weighted by Crippen LogP contribution is 2.23. The second-order valence-electron chi connectivity index (χ2n) is 7.13. The van der Waals surface area contributed by atoms with Crippen molar-refractivity contribution in [3.63, 3.8) is 0 Å². The molecule has 0 bridgehead atoms. The van der Waals surface area contributed by atoms with Crippen LogP contribution in [0.15, 0.2) is 30.3 Å². The van der Waals surface area contributed by atoms with Gasteiger partial charge in [0.05, 0.1) is 0 Å². The molecule has 1 aromatic heterocycles. The molecule has 1 aliphatic rings. The molecule has 2 heterocycles. The van der Waals surface area contributed by atoms with Crippen molar-refractivity contribution >= 4 is 17.6 Å². The van der Waals surface area contributed by atoms with Gasteiger partial charge in [0.2, 0.25) is 0 Å². The fourth-order valence-corrected chi connectivity index (χ4v) is 3.51. The first kappa shape index (κ1) is 18.9. The summed E-state index contributed by atoms with van der Waals surface area (Å²) in [5, 5.41) is 9.47. The molecule has 7 nitrogen and oxygen atoms in total. The minimum absolute atomic E-state index is 0.00502. The van der Waals surface area contributed by atoms with Gasteiger partial charge in [-0.15, -0.1) is 0 Å². The van der Waals surface area contributed by atoms with E-state index in [1.54, 1.807) is 30.3 Å². The van der Waals surface area contributed by atoms with E-state index in [1.165, 1.54) is 0 Å². The molecule has 3 rings (SSSR count). The van der Waals surface area contributed by atoms with Crippen molar-refractivity contribution < 1.29 is 14.3 Å². The van der Waals surface area contributed by atoms with Crippen LogP contribution in [0.1, 0.15) is 49.2 Å². The summed E-state index contributed by atoms with van der Waals surface area (Å²) < 4.78 is 5.63. The Labute approximate surface area is 159 Å². The van der Waals surface area contributed by atoms with Crippen LogP contribution >= 0.6 is 0 Å². The van der Waals surface area contributed by atoms with E-state index in [2.05, 4.69) is 29.4 Å². The lowest BCUT2D eigenvalue weighted by Crippen LogP contribution is -2.49. The summed E-state index contributed by atoms with van der Waals surface area (Å²) in [6.07, 6.45) is 3.24. The summed E-state index contributed by atoms with van der Waals surface area (Å²) in [6.45, 7) is 6.04. The third-order valence-electron chi connectivity index (χ3n) is 4.91. The van der Waals surface area contributed by atoms with Crippen LogP contribution in [-0.4, -0.2) is 45.6 Å². The van der Waals surface area contributed by atoms with Gasteiger partial charge in [-0.3, -0.25) is 14.7 Å². The third kappa shape index (κ3) is 4.67. The molecule has 2 N–H and O–H groups in total. The number of hydrogen-bond acceptors (Lipinski definition) is 4. The predicted octanol–water partition coefficient (Wildman–Crippen LogP) is 3.14. The van der Waals surface area contributed by atoms with Crippen LogP contribution < -0.4 is 10.1 Å². The maximum atomic E-state index is 12.5. The van der Waals surface area contributed by atoms with Gasteiger partial charge in [0.25, 0.3) is 11.8 Å². The molecule has 0 radical (unpaired) electrons. The van der Waals surface area contributed by atoms with Gasteiger partial charge in [-0.05, 0) is 64.3 Å². The van der Waals surface area contributed by atoms with Crippen molar-refractivity contribution in [3.8, 4) is 5.75 Å². The van der Waals surface area contributed by atoms with Crippen LogP contribution in [0.4, 0.5) is 5.82 Å². The largest absolute Gasteiger partial charge is 0.484 e. The average Bonchev–Trinajstić information content (AvgIpc) is 3.05. The molecule has 2 amide bonds. The number of aryl methyl sites for hydroxylation is 1. The Hall–Kier alpha value is -2.83. The quantitative estimate of drug-likeness (QED) is 0.846. The Morgan fingerprint density at radius 2 is 1.89 bits per heavy atom. The number of carbonyl (C=O) groups excluding carboxylic acids is 2. The first-order valence-electron chi connectivity index (χ1n) is 9.31. The van der Waals surface area contributed by atoms with Gasteiger partial charge < -0.3 is 15.0 Å². The summed E-state index contributed by atoms with van der Waals surface area (Å²) in [6, 6.07) is 8.98. The van der Waals surface area contributed by atoms with E-state index in [1.807, 2.05) is 11.8 Å². The Kier molecular flexibility index (Phi) is 5.78. The molecule has 1 aliphatic heterocycles. The summed E-state index contributed by atoms with van der Waals surface area (Å²) in [7, 11) is 0. The smallest absolute Gasteiger partial charge is 0.260 e. The molecule has 0 saturated carbocycles. The van der Waals surface area contributed by atoms with Gasteiger partial charge in [-0.2, -0.15) is 5.10 Å². The number of nitrogens with one attached hydrogen (secondary N) is 2. The summed E-state index contributed by atoms with van der Waals surface area (Å²) in [4.78, 5) is 26.6. The second-order valence-corrected chi connectivity index (χ2v) is 7.13. The Morgan fingerprint density at radius 1 is 1.22 bits per heavy atom. The highest BCUT2D eigenvalue weighted by Gasteiger charge is 2.28. The molecular weight excluding hydrogens is 344 g/mol. The molecule has 7 heteroatoms. The van der Waals surface area contributed by atoms with E-state index in [9.17, 15) is 9.59 Å². The van der Waals surface area contributed by atoms with Gasteiger partial charge in [-0.1, -0.05) is 0 Å². The first-order chi connectivity index (χ1) is 12.9. The maximum Gasteiger partial charge on any atom is 0.260 e. The van der Waals surface area contributed by atoms with Crippen molar-refractivity contribution in [3.05, 3.63) is 41.6 Å². The minimum Gasteiger partial charge on any atom is -0.484 e. The van der Waals surface area contributed by atoms with Gasteiger partial charge in [0.1, 0.15) is 5.75 Å². The topological polar surface area (TPSA) is 87.3 Å². The molecule has 2 unspecified atom stereocenters. The average molecular weight is 370 g/mol. The second kappa shape index (κ2) is 8.24. The van der Waals surface area contributed by atoms with E-state index < -0.39 is 0 Å². The molecule has 27 heavy (non-hydrogen) atoms. The molecule has 1 fully saturated rings. The number of hydrogen-bond donors (Lipinski definition) is 2. The van der Waals surface area contributed by atoms with Crippen LogP contribution in [0, 0.1) is 6.92 Å². The standard InChI is InChI=1S/C20H26N4O3/c1-13-11-18(23-22-13)21-20(26)16-7-9-17(10-8-16)27-12-19(25)24-14(2)5-4-6-15(24)3/h7-11,14-15H,4-6,12H2,1-3H3,(H2,21,22,23,26). The Bertz CT molecular complexity index is 790. The van der Waals surface area contributed by atoms with Gasteiger partial charge >= 0.3 is 0 Å². The number of piperidine rings is 1. The number of aromatic nitrogens is 2. The Balaban J connectivity index is 1.54. The Morgan fingerprint density at radius 3 is 2.48 bits per heavy atom. The van der Waals surface area contributed by atoms with Crippen LogP contribution in [0.3, 0.4) is 0 Å². The zero-order valence-electron chi connectivity index (χ0n) is 16.0. The number of benzene rings is 1. The number of H-pyrrole nitrogens is 1. The molecule has 1 aromatic carbocycles. The van der Waals surface area contributed by atoms with E-state index >= 15 is 0 Å². The van der Waals surface area contributed by atoms with E-state index in [-0.39, 0.29) is 30.5 Å². The molecule has 0 aliphatic carbocycles. The summed E-state index contributed by atoms with van der Waals surface area (Å²) in [5.41, 5.74) is 1.36. The monoisotopic (exact) mass is 370 g/mol. The number of rotatable bonds is 5. The zero-order valence-corrected chi connectivity index (χ0v) is 16.0. The van der Waals surface area contributed by atoms with Gasteiger partial charge in [0, 0.05) is 29.4 Å². The number of aromatic amines is 1. The third-order valence-corrected chi connectivity index (χ3v) is 4.91. The summed E-state index contributed by atoms with van der Waals surface area (Å²) in [5.74, 6) is 0.798. The lowest BCUT2D eigenvalue weighted by molar-refractivity contribution is -0.139. The lowest BCUT2D eigenvalue weighted by atomic mass is 9.97. The molecule has 2 aromatic rings. The van der Waals surface area contributed by atoms with E-state index in [0.29, 0.717) is 17.1 Å². The number of anilines is 1. The number of carbonyl (C=O) groups is 2. The molecule has 0 spiro atoms. The molecule has 2 atom stereocenters. The van der Waals surface area contributed by atoms with E-state index in [4.69, 9.17) is 4.74 Å². The predicted molar refractivity (Wildman–Crippen MR) is 103 cm³/mol. The van der Waals surface area contributed by atoms with Gasteiger partial charge in [-0.25, -0.2) is 0 Å². The fourth-order valence-electron chi connectivity index (χ4n) is 3.51. The van der Waals surface area contributed by atoms with Crippen molar-refractivity contribution in [2.45, 2.75) is 52.1 Å². The SMILES string of the molecule is Cc1cc(NC(=O)c2ccc(OCC(=O)N3C(C)CCCC3C)cc2)n[nH]1. The number of likely N-dealkylation sites (tertiary alicyclic amines) is 1. The molecule has 1 saturated heterocycles. The van der Waals surface area contributed by atoms with E-state index in [0.717, 1.165) is 25.0 Å². The molecular formula is C20H26N4O3. The van der Waals surface area contributed by atoms with Gasteiger partial charge in [0.15, 0.2) is 12.4 Å². The van der Waals surface area contributed by atoms with Crippen molar-refractivity contribution in [2.24, 2.45) is 0 Å². The van der Waals surface area contributed by atoms with Crippen LogP contribution in [-0.2, 0) is 4.79 Å². The zero-order chi connectivity index (χ0) is 19.4. The highest BCUT2D eigenvalue weighted by molar-refractivity contribution is 6.03. The lowest BCUT2D eigenvalue weighted by Gasteiger charge is -2.38. The van der Waals surface area contributed by atoms with Crippen molar-refractivity contribution in [1.82, 2.24) is 15.1 Å². The van der Waals surface area contributed by atoms with Crippen LogP contribution in [0.2, 0.25) is 0 Å². The number of ether oxygens (including phenoxy) is 1. The number of nitrogens with zero attached hydrogens (tertiary/aromatic N) is 2. The fraction of sp³-hybridized carbons (Fsp3) is 0.450. The highest BCUT2D eigenvalue weighted by atomic mass is 16.5.